The standard InChI is InChI=1S/C16H22Cl3NO2/c1-6-22-14-12(9(2)3)7-11(8-13(14)10(4)5)20-15(21)16(17,18)19/h7-10H,6H2,1-5H3,(H,20,21). The lowest BCUT2D eigenvalue weighted by Gasteiger charge is -2.22. The molecule has 1 N–H and O–H groups in total. The van der Waals surface area contributed by atoms with Gasteiger partial charge in [-0.1, -0.05) is 62.5 Å². The molecule has 0 aliphatic rings. The van der Waals surface area contributed by atoms with Gasteiger partial charge >= 0.3 is 0 Å². The van der Waals surface area contributed by atoms with Crippen LogP contribution in [0.4, 0.5) is 5.69 Å². The van der Waals surface area contributed by atoms with Crippen LogP contribution in [0.5, 0.6) is 5.75 Å². The molecule has 0 saturated heterocycles. The second-order valence-electron chi connectivity index (χ2n) is 5.68. The van der Waals surface area contributed by atoms with Gasteiger partial charge < -0.3 is 10.1 Å². The summed E-state index contributed by atoms with van der Waals surface area (Å²) in [6, 6.07) is 3.74. The Morgan fingerprint density at radius 3 is 1.91 bits per heavy atom. The van der Waals surface area contributed by atoms with Gasteiger partial charge in [0.05, 0.1) is 6.61 Å². The van der Waals surface area contributed by atoms with Crippen LogP contribution in [-0.2, 0) is 4.79 Å². The van der Waals surface area contributed by atoms with E-state index in [2.05, 4.69) is 33.0 Å². The van der Waals surface area contributed by atoms with E-state index in [0.717, 1.165) is 16.9 Å². The number of carbonyl (C=O) groups excluding carboxylic acids is 1. The van der Waals surface area contributed by atoms with Crippen molar-refractivity contribution in [1.82, 2.24) is 0 Å². The quantitative estimate of drug-likeness (QED) is 0.685. The summed E-state index contributed by atoms with van der Waals surface area (Å²) in [7, 11) is 0. The molecule has 0 unspecified atom stereocenters. The van der Waals surface area contributed by atoms with Gasteiger partial charge in [-0.05, 0) is 42.0 Å². The van der Waals surface area contributed by atoms with E-state index in [-0.39, 0.29) is 11.8 Å². The van der Waals surface area contributed by atoms with Crippen LogP contribution in [0.2, 0.25) is 0 Å². The molecule has 0 atom stereocenters. The zero-order valence-electron chi connectivity index (χ0n) is 13.5. The summed E-state index contributed by atoms with van der Waals surface area (Å²) in [6.07, 6.45) is 0. The molecule has 0 fully saturated rings. The van der Waals surface area contributed by atoms with Crippen molar-refractivity contribution in [2.24, 2.45) is 0 Å². The molecular formula is C16H22Cl3NO2. The predicted octanol–water partition coefficient (Wildman–Crippen LogP) is 5.64. The Hall–Kier alpha value is -0.640. The number of alkyl halides is 3. The number of ether oxygens (including phenoxy) is 1. The monoisotopic (exact) mass is 365 g/mol. The summed E-state index contributed by atoms with van der Waals surface area (Å²) >= 11 is 16.8. The van der Waals surface area contributed by atoms with Gasteiger partial charge in [0.2, 0.25) is 0 Å². The van der Waals surface area contributed by atoms with Crippen molar-refractivity contribution in [2.45, 2.75) is 50.2 Å². The molecule has 0 saturated carbocycles. The van der Waals surface area contributed by atoms with Gasteiger partial charge in [0, 0.05) is 5.69 Å². The average molecular weight is 367 g/mol. The Labute approximate surface area is 147 Å². The number of anilines is 1. The molecule has 0 heterocycles. The minimum Gasteiger partial charge on any atom is -0.493 e. The third-order valence-corrected chi connectivity index (χ3v) is 3.71. The van der Waals surface area contributed by atoms with E-state index in [1.165, 1.54) is 0 Å². The Kier molecular flexibility index (Phi) is 6.84. The van der Waals surface area contributed by atoms with Crippen LogP contribution in [0.1, 0.15) is 57.6 Å². The Balaban J connectivity index is 3.34. The van der Waals surface area contributed by atoms with E-state index in [1.807, 2.05) is 19.1 Å². The fraction of sp³-hybridized carbons (Fsp3) is 0.562. The van der Waals surface area contributed by atoms with Crippen molar-refractivity contribution in [3.8, 4) is 5.75 Å². The summed E-state index contributed by atoms with van der Waals surface area (Å²) in [5.74, 6) is 0.679. The average Bonchev–Trinajstić information content (AvgIpc) is 2.38. The predicted molar refractivity (Wildman–Crippen MR) is 94.7 cm³/mol. The first-order valence-electron chi connectivity index (χ1n) is 7.26. The molecule has 0 aromatic heterocycles. The maximum absolute atomic E-state index is 11.9. The maximum Gasteiger partial charge on any atom is 0.276 e. The van der Waals surface area contributed by atoms with Gasteiger partial charge in [-0.3, -0.25) is 4.79 Å². The zero-order valence-corrected chi connectivity index (χ0v) is 15.7. The van der Waals surface area contributed by atoms with Gasteiger partial charge in [0.15, 0.2) is 0 Å². The highest BCUT2D eigenvalue weighted by Gasteiger charge is 2.31. The Morgan fingerprint density at radius 2 is 1.59 bits per heavy atom. The Morgan fingerprint density at radius 1 is 1.14 bits per heavy atom. The van der Waals surface area contributed by atoms with Gasteiger partial charge in [0.1, 0.15) is 5.75 Å². The SMILES string of the molecule is CCOc1c(C(C)C)cc(NC(=O)C(Cl)(Cl)Cl)cc1C(C)C. The number of halogens is 3. The molecule has 0 spiro atoms. The van der Waals surface area contributed by atoms with Crippen LogP contribution in [0, 0.1) is 0 Å². The number of rotatable bonds is 5. The second-order valence-corrected chi connectivity index (χ2v) is 7.96. The van der Waals surface area contributed by atoms with Gasteiger partial charge in [-0.25, -0.2) is 0 Å². The largest absolute Gasteiger partial charge is 0.493 e. The minimum absolute atomic E-state index is 0.240. The first-order chi connectivity index (χ1) is 10.1. The minimum atomic E-state index is -1.99. The molecule has 6 heteroatoms. The fourth-order valence-corrected chi connectivity index (χ4v) is 2.26. The molecule has 0 aliphatic carbocycles. The molecular weight excluding hydrogens is 345 g/mol. The maximum atomic E-state index is 11.9. The summed E-state index contributed by atoms with van der Waals surface area (Å²) in [5, 5.41) is 2.65. The van der Waals surface area contributed by atoms with E-state index in [9.17, 15) is 4.79 Å². The lowest BCUT2D eigenvalue weighted by atomic mass is 9.93. The van der Waals surface area contributed by atoms with Crippen LogP contribution >= 0.6 is 34.8 Å². The molecule has 1 aromatic rings. The summed E-state index contributed by atoms with van der Waals surface area (Å²) in [4.78, 5) is 11.9. The highest BCUT2D eigenvalue weighted by atomic mass is 35.6. The number of amides is 1. The molecule has 3 nitrogen and oxygen atoms in total. The van der Waals surface area contributed by atoms with Crippen molar-refractivity contribution in [2.75, 3.05) is 11.9 Å². The van der Waals surface area contributed by atoms with E-state index in [4.69, 9.17) is 39.5 Å². The lowest BCUT2D eigenvalue weighted by molar-refractivity contribution is -0.115. The zero-order chi connectivity index (χ0) is 17.1. The number of hydrogen-bond donors (Lipinski definition) is 1. The van der Waals surface area contributed by atoms with E-state index in [0.29, 0.717) is 12.3 Å². The normalized spacial score (nSPS) is 11.9. The van der Waals surface area contributed by atoms with Crippen LogP contribution < -0.4 is 10.1 Å². The third-order valence-electron chi connectivity index (χ3n) is 3.19. The lowest BCUT2D eigenvalue weighted by Crippen LogP contribution is -2.27. The highest BCUT2D eigenvalue weighted by Crippen LogP contribution is 2.38. The summed E-state index contributed by atoms with van der Waals surface area (Å²) in [6.45, 7) is 10.8. The van der Waals surface area contributed by atoms with Crippen molar-refractivity contribution in [1.29, 1.82) is 0 Å². The summed E-state index contributed by atoms with van der Waals surface area (Å²) in [5.41, 5.74) is 2.65. The fourth-order valence-electron chi connectivity index (χ4n) is 2.12. The second kappa shape index (κ2) is 7.76. The molecule has 1 aromatic carbocycles. The number of nitrogens with one attached hydrogen (secondary N) is 1. The number of benzene rings is 1. The van der Waals surface area contributed by atoms with Gasteiger partial charge in [0.25, 0.3) is 9.70 Å². The number of hydrogen-bond acceptors (Lipinski definition) is 2. The van der Waals surface area contributed by atoms with Crippen molar-refractivity contribution in [3.05, 3.63) is 23.3 Å². The van der Waals surface area contributed by atoms with Crippen molar-refractivity contribution in [3.63, 3.8) is 0 Å². The molecule has 22 heavy (non-hydrogen) atoms. The van der Waals surface area contributed by atoms with Gasteiger partial charge in [-0.2, -0.15) is 0 Å². The van der Waals surface area contributed by atoms with Crippen LogP contribution in [0.15, 0.2) is 12.1 Å². The smallest absolute Gasteiger partial charge is 0.276 e. The van der Waals surface area contributed by atoms with Crippen molar-refractivity contribution < 1.29 is 9.53 Å². The third kappa shape index (κ3) is 4.94. The Bertz CT molecular complexity index is 508. The van der Waals surface area contributed by atoms with Crippen molar-refractivity contribution >= 4 is 46.4 Å². The molecule has 0 aliphatic heterocycles. The molecule has 1 amide bonds. The van der Waals surface area contributed by atoms with Gasteiger partial charge in [-0.15, -0.1) is 0 Å². The summed E-state index contributed by atoms with van der Waals surface area (Å²) < 4.78 is 3.84. The topological polar surface area (TPSA) is 38.3 Å². The molecule has 0 bridgehead atoms. The van der Waals surface area contributed by atoms with Crippen LogP contribution in [-0.4, -0.2) is 16.3 Å². The van der Waals surface area contributed by atoms with E-state index >= 15 is 0 Å². The first-order valence-corrected chi connectivity index (χ1v) is 8.40. The molecule has 124 valence electrons. The molecule has 1 rings (SSSR count). The highest BCUT2D eigenvalue weighted by molar-refractivity contribution is 6.76. The first kappa shape index (κ1) is 19.4. The van der Waals surface area contributed by atoms with E-state index < -0.39 is 9.70 Å². The van der Waals surface area contributed by atoms with E-state index in [1.54, 1.807) is 0 Å². The van der Waals surface area contributed by atoms with Crippen LogP contribution in [0.25, 0.3) is 0 Å². The van der Waals surface area contributed by atoms with Crippen LogP contribution in [0.3, 0.4) is 0 Å². The molecule has 0 radical (unpaired) electrons. The number of carbonyl (C=O) groups is 1.